The second-order valence-corrected chi connectivity index (χ2v) is 5.53. The van der Waals surface area contributed by atoms with Crippen molar-refractivity contribution in [2.24, 2.45) is 0 Å². The highest BCUT2D eigenvalue weighted by atomic mass is 19.1. The quantitative estimate of drug-likeness (QED) is 0.374. The van der Waals surface area contributed by atoms with E-state index in [1.807, 2.05) is 7.05 Å². The molecule has 0 saturated carbocycles. The Balaban J connectivity index is 2.09. The Hall–Kier alpha value is -1.87. The summed E-state index contributed by atoms with van der Waals surface area (Å²) in [6.07, 6.45) is 0. The van der Waals surface area contributed by atoms with E-state index in [0.717, 1.165) is 6.54 Å². The lowest BCUT2D eigenvalue weighted by molar-refractivity contribution is -0.126. The van der Waals surface area contributed by atoms with E-state index in [2.05, 4.69) is 10.6 Å². The molecular weight excluding hydrogens is 343 g/mol. The molecule has 0 bridgehead atoms. The molecule has 0 unspecified atom stereocenters. The van der Waals surface area contributed by atoms with Gasteiger partial charge >= 0.3 is 0 Å². The summed E-state index contributed by atoms with van der Waals surface area (Å²) in [4.78, 5) is 23.0. The number of hydrogen-bond acceptors (Lipinski definition) is 6. The molecule has 0 aromatic heterocycles. The molecule has 1 amide bonds. The van der Waals surface area contributed by atoms with Crippen LogP contribution in [0.25, 0.3) is 0 Å². The van der Waals surface area contributed by atoms with E-state index in [9.17, 15) is 14.0 Å². The van der Waals surface area contributed by atoms with Crippen LogP contribution in [-0.2, 0) is 25.5 Å². The number of carbonyl (C=O) groups excluding carboxylic acids is 2. The van der Waals surface area contributed by atoms with Crippen LogP contribution in [0.4, 0.5) is 4.39 Å². The van der Waals surface area contributed by atoms with Crippen LogP contribution in [0, 0.1) is 5.82 Å². The van der Waals surface area contributed by atoms with Crippen LogP contribution in [0.15, 0.2) is 18.2 Å². The third-order valence-electron chi connectivity index (χ3n) is 3.37. The first kappa shape index (κ1) is 22.2. The Bertz CT molecular complexity index is 569. The second-order valence-electron chi connectivity index (χ2n) is 5.53. The smallest absolute Gasteiger partial charge is 0.246 e. The minimum absolute atomic E-state index is 0.0140. The van der Waals surface area contributed by atoms with Gasteiger partial charge in [-0.1, -0.05) is 6.07 Å². The average Bonchev–Trinajstić information content (AvgIpc) is 2.62. The molecule has 0 saturated heterocycles. The summed E-state index contributed by atoms with van der Waals surface area (Å²) in [5.41, 5.74) is 0.659. The maximum atomic E-state index is 13.4. The number of halogens is 1. The van der Waals surface area contributed by atoms with Crippen LogP contribution >= 0.6 is 0 Å². The molecule has 0 aliphatic rings. The van der Waals surface area contributed by atoms with Gasteiger partial charge in [0.1, 0.15) is 12.4 Å². The van der Waals surface area contributed by atoms with Gasteiger partial charge in [-0.2, -0.15) is 0 Å². The Morgan fingerprint density at radius 3 is 2.35 bits per heavy atom. The lowest BCUT2D eigenvalue weighted by Crippen LogP contribution is -2.28. The molecule has 0 radical (unpaired) electrons. The van der Waals surface area contributed by atoms with E-state index in [-0.39, 0.29) is 30.4 Å². The Labute approximate surface area is 153 Å². The number of Topliss-reactive ketones (excluding diaryl/α,β-unsaturated/α-hetero) is 1. The highest BCUT2D eigenvalue weighted by molar-refractivity contribution is 5.94. The lowest BCUT2D eigenvalue weighted by atomic mass is 10.1. The van der Waals surface area contributed by atoms with E-state index >= 15 is 0 Å². The maximum Gasteiger partial charge on any atom is 0.246 e. The van der Waals surface area contributed by atoms with Crippen molar-refractivity contribution in [1.82, 2.24) is 10.6 Å². The molecule has 0 spiro atoms. The zero-order valence-electron chi connectivity index (χ0n) is 15.3. The molecule has 1 rings (SSSR count). The van der Waals surface area contributed by atoms with Gasteiger partial charge in [-0.05, 0) is 31.7 Å². The fraction of sp³-hybridized carbons (Fsp3) is 0.556. The van der Waals surface area contributed by atoms with Gasteiger partial charge in [0.2, 0.25) is 5.91 Å². The van der Waals surface area contributed by atoms with Gasteiger partial charge in [0.15, 0.2) is 5.78 Å². The zero-order valence-corrected chi connectivity index (χ0v) is 15.3. The topological polar surface area (TPSA) is 85.9 Å². The van der Waals surface area contributed by atoms with Crippen LogP contribution in [-0.4, -0.2) is 64.9 Å². The number of benzene rings is 1. The molecule has 0 heterocycles. The van der Waals surface area contributed by atoms with Gasteiger partial charge in [0.05, 0.1) is 38.6 Å². The molecule has 2 N–H and O–H groups in total. The molecule has 0 aliphatic heterocycles. The fourth-order valence-corrected chi connectivity index (χ4v) is 1.98. The standard InChI is InChI=1S/C18H27FN2O5/c1-14(22)16-11-15(3-4-17(16)19)12-21-18(23)13-26-10-9-25-8-7-24-6-5-20-2/h3-4,11,20H,5-10,12-13H2,1-2H3,(H,21,23). The molecule has 1 aromatic carbocycles. The van der Waals surface area contributed by atoms with Crippen LogP contribution < -0.4 is 10.6 Å². The van der Waals surface area contributed by atoms with Crippen molar-refractivity contribution < 1.29 is 28.2 Å². The van der Waals surface area contributed by atoms with Gasteiger partial charge in [-0.25, -0.2) is 4.39 Å². The maximum absolute atomic E-state index is 13.4. The second kappa shape index (κ2) is 13.3. The summed E-state index contributed by atoms with van der Waals surface area (Å²) in [7, 11) is 1.86. The van der Waals surface area contributed by atoms with Crippen molar-refractivity contribution in [1.29, 1.82) is 0 Å². The summed E-state index contributed by atoms with van der Waals surface area (Å²) in [5, 5.41) is 5.62. The first-order valence-electron chi connectivity index (χ1n) is 8.48. The van der Waals surface area contributed by atoms with E-state index in [4.69, 9.17) is 14.2 Å². The normalized spacial score (nSPS) is 10.7. The molecule has 0 atom stereocenters. The number of hydrogen-bond donors (Lipinski definition) is 2. The number of amides is 1. The third-order valence-corrected chi connectivity index (χ3v) is 3.37. The van der Waals surface area contributed by atoms with Gasteiger partial charge in [-0.15, -0.1) is 0 Å². The number of ketones is 1. The van der Waals surface area contributed by atoms with Crippen molar-refractivity contribution in [3.63, 3.8) is 0 Å². The van der Waals surface area contributed by atoms with E-state index in [1.165, 1.54) is 25.1 Å². The minimum Gasteiger partial charge on any atom is -0.378 e. The van der Waals surface area contributed by atoms with E-state index < -0.39 is 5.82 Å². The monoisotopic (exact) mass is 370 g/mol. The Morgan fingerprint density at radius 2 is 1.69 bits per heavy atom. The van der Waals surface area contributed by atoms with Crippen molar-refractivity contribution in [3.8, 4) is 0 Å². The van der Waals surface area contributed by atoms with Crippen LogP contribution in [0.1, 0.15) is 22.8 Å². The number of rotatable bonds is 14. The van der Waals surface area contributed by atoms with Gasteiger partial charge in [-0.3, -0.25) is 9.59 Å². The summed E-state index contributed by atoms with van der Waals surface area (Å²) >= 11 is 0. The van der Waals surface area contributed by atoms with Gasteiger partial charge in [0, 0.05) is 13.1 Å². The number of likely N-dealkylation sites (N-methyl/N-ethyl adjacent to an activating group) is 1. The number of nitrogens with one attached hydrogen (secondary N) is 2. The minimum atomic E-state index is -0.566. The molecule has 1 aromatic rings. The Morgan fingerprint density at radius 1 is 1.04 bits per heavy atom. The largest absolute Gasteiger partial charge is 0.378 e. The molecule has 0 aliphatic carbocycles. The Kier molecular flexibility index (Phi) is 11.4. The SMILES string of the molecule is CNCCOCCOCCOCC(=O)NCc1ccc(F)c(C(C)=O)c1. The van der Waals surface area contributed by atoms with Crippen molar-refractivity contribution in [2.45, 2.75) is 13.5 Å². The number of carbonyl (C=O) groups is 2. The van der Waals surface area contributed by atoms with Crippen molar-refractivity contribution in [3.05, 3.63) is 35.1 Å². The van der Waals surface area contributed by atoms with Crippen molar-refractivity contribution in [2.75, 3.05) is 53.2 Å². The molecule has 8 heteroatoms. The summed E-state index contributed by atoms with van der Waals surface area (Å²) in [6.45, 7) is 4.50. The summed E-state index contributed by atoms with van der Waals surface area (Å²) < 4.78 is 29.2. The highest BCUT2D eigenvalue weighted by Crippen LogP contribution is 2.11. The van der Waals surface area contributed by atoms with Gasteiger partial charge in [0.25, 0.3) is 0 Å². The average molecular weight is 370 g/mol. The van der Waals surface area contributed by atoms with Crippen LogP contribution in [0.5, 0.6) is 0 Å². The van der Waals surface area contributed by atoms with E-state index in [1.54, 1.807) is 0 Å². The highest BCUT2D eigenvalue weighted by Gasteiger charge is 2.09. The molecule has 7 nitrogen and oxygen atoms in total. The summed E-state index contributed by atoms with van der Waals surface area (Å²) in [6, 6.07) is 4.18. The molecule has 26 heavy (non-hydrogen) atoms. The zero-order chi connectivity index (χ0) is 19.2. The van der Waals surface area contributed by atoms with Crippen molar-refractivity contribution >= 4 is 11.7 Å². The number of ether oxygens (including phenoxy) is 3. The lowest BCUT2D eigenvalue weighted by Gasteiger charge is -2.08. The van der Waals surface area contributed by atoms with Crippen LogP contribution in [0.2, 0.25) is 0 Å². The predicted molar refractivity (Wildman–Crippen MR) is 94.6 cm³/mol. The molecular formula is C18H27FN2O5. The first-order chi connectivity index (χ1) is 12.5. The van der Waals surface area contributed by atoms with Crippen LogP contribution in [0.3, 0.4) is 0 Å². The predicted octanol–water partition coefficient (Wildman–Crippen LogP) is 0.914. The molecule has 146 valence electrons. The first-order valence-corrected chi connectivity index (χ1v) is 8.48. The van der Waals surface area contributed by atoms with E-state index in [0.29, 0.717) is 38.6 Å². The van der Waals surface area contributed by atoms with Gasteiger partial charge < -0.3 is 24.8 Å². The fourth-order valence-electron chi connectivity index (χ4n) is 1.98. The summed E-state index contributed by atoms with van der Waals surface area (Å²) in [5.74, 6) is -1.22. The third kappa shape index (κ3) is 9.57. The molecule has 0 fully saturated rings.